The van der Waals surface area contributed by atoms with Crippen molar-refractivity contribution in [3.63, 3.8) is 0 Å². The third-order valence-corrected chi connectivity index (χ3v) is 7.61. The fraction of sp³-hybridized carbons (Fsp3) is 0.316. The summed E-state index contributed by atoms with van der Waals surface area (Å²) >= 11 is 6.09. The van der Waals surface area contributed by atoms with Crippen LogP contribution in [0, 0.1) is 0 Å². The Bertz CT molecular complexity index is 949. The molecule has 1 aliphatic heterocycles. The molecule has 6 nitrogen and oxygen atoms in total. The second kappa shape index (κ2) is 7.40. The Morgan fingerprint density at radius 2 is 1.93 bits per heavy atom. The summed E-state index contributed by atoms with van der Waals surface area (Å²) in [5.74, 6) is -0.106. The number of rotatable bonds is 4. The van der Waals surface area contributed by atoms with Gasteiger partial charge in [-0.3, -0.25) is 9.10 Å². The van der Waals surface area contributed by atoms with Gasteiger partial charge >= 0.3 is 0 Å². The van der Waals surface area contributed by atoms with Crippen LogP contribution in [0.2, 0.25) is 5.02 Å². The Morgan fingerprint density at radius 1 is 1.22 bits per heavy atom. The number of ether oxygens (including phenoxy) is 1. The molecular formula is C19H21ClN2O4S. The summed E-state index contributed by atoms with van der Waals surface area (Å²) in [4.78, 5) is 13.0. The molecule has 0 radical (unpaired) electrons. The van der Waals surface area contributed by atoms with Crippen LogP contribution in [-0.4, -0.2) is 32.7 Å². The number of carbonyl (C=O) groups excluding carboxylic acids is 1. The van der Waals surface area contributed by atoms with E-state index in [-0.39, 0.29) is 6.42 Å². The lowest BCUT2D eigenvalue weighted by atomic mass is 10.0. The van der Waals surface area contributed by atoms with Crippen molar-refractivity contribution >= 4 is 38.9 Å². The zero-order chi connectivity index (χ0) is 19.7. The Hall–Kier alpha value is -2.25. The molecule has 0 bridgehead atoms. The van der Waals surface area contributed by atoms with Gasteiger partial charge in [0.25, 0.3) is 0 Å². The Balaban J connectivity index is 1.89. The lowest BCUT2D eigenvalue weighted by Crippen LogP contribution is -2.57. The van der Waals surface area contributed by atoms with E-state index < -0.39 is 20.7 Å². The molecule has 0 aliphatic carbocycles. The fourth-order valence-electron chi connectivity index (χ4n) is 3.15. The minimum atomic E-state index is -3.90. The van der Waals surface area contributed by atoms with E-state index in [2.05, 4.69) is 5.32 Å². The summed E-state index contributed by atoms with van der Waals surface area (Å²) in [6.45, 7) is 1.82. The van der Waals surface area contributed by atoms with Crippen molar-refractivity contribution in [2.24, 2.45) is 0 Å². The number of hydrogen-bond acceptors (Lipinski definition) is 4. The highest BCUT2D eigenvalue weighted by Gasteiger charge is 2.51. The van der Waals surface area contributed by atoms with Gasteiger partial charge in [-0.25, -0.2) is 8.42 Å². The van der Waals surface area contributed by atoms with Crippen molar-refractivity contribution in [3.8, 4) is 5.75 Å². The lowest BCUT2D eigenvalue weighted by Gasteiger charge is -2.39. The topological polar surface area (TPSA) is 75.7 Å². The number of nitrogens with zero attached hydrogens (tertiary/aromatic N) is 1. The molecule has 1 fully saturated rings. The van der Waals surface area contributed by atoms with Crippen molar-refractivity contribution in [3.05, 3.63) is 53.6 Å². The first kappa shape index (κ1) is 19.5. The summed E-state index contributed by atoms with van der Waals surface area (Å²) in [5.41, 5.74) is 0.975. The number of methoxy groups -OCH3 is 1. The number of hydrogen-bond donors (Lipinski definition) is 1. The van der Waals surface area contributed by atoms with Crippen LogP contribution < -0.4 is 14.4 Å². The van der Waals surface area contributed by atoms with Gasteiger partial charge in [-0.05, 0) is 50.1 Å². The normalized spacial score (nSPS) is 21.5. The van der Waals surface area contributed by atoms with E-state index in [0.717, 1.165) is 0 Å². The van der Waals surface area contributed by atoms with E-state index in [1.807, 2.05) is 6.07 Å². The van der Waals surface area contributed by atoms with Crippen molar-refractivity contribution in [1.29, 1.82) is 0 Å². The second-order valence-electron chi connectivity index (χ2n) is 6.55. The maximum Gasteiger partial charge on any atom is 0.249 e. The number of amides is 1. The van der Waals surface area contributed by atoms with E-state index in [9.17, 15) is 13.2 Å². The quantitative estimate of drug-likeness (QED) is 0.837. The van der Waals surface area contributed by atoms with Gasteiger partial charge < -0.3 is 10.1 Å². The monoisotopic (exact) mass is 408 g/mol. The number of sulfonamides is 1. The molecule has 0 saturated carbocycles. The number of para-hydroxylation sites is 1. The lowest BCUT2D eigenvalue weighted by molar-refractivity contribution is -0.118. The van der Waals surface area contributed by atoms with Gasteiger partial charge in [0.1, 0.15) is 5.75 Å². The van der Waals surface area contributed by atoms with Crippen LogP contribution in [0.1, 0.15) is 19.8 Å². The molecule has 1 aliphatic rings. The zero-order valence-corrected chi connectivity index (χ0v) is 16.7. The van der Waals surface area contributed by atoms with E-state index in [1.165, 1.54) is 24.4 Å². The molecule has 27 heavy (non-hydrogen) atoms. The first-order valence-electron chi connectivity index (χ1n) is 8.52. The average molecular weight is 409 g/mol. The highest BCUT2D eigenvalue weighted by atomic mass is 35.5. The molecule has 0 aromatic heterocycles. The number of halogens is 1. The Morgan fingerprint density at radius 3 is 2.56 bits per heavy atom. The number of anilines is 2. The summed E-state index contributed by atoms with van der Waals surface area (Å²) in [6, 6.07) is 13.6. The number of benzene rings is 2. The molecule has 1 N–H and O–H groups in total. The standard InChI is InChI=1S/C19H21ClN2O4S/c1-19(18(23)21-14-9-10-17(26-2)16(20)13-14)11-6-12-22(27(19,24)25)15-7-4-3-5-8-15/h3-5,7-10,13H,6,11-12H2,1-2H3,(H,21,23)/t19-/m1/s1. The first-order valence-corrected chi connectivity index (χ1v) is 10.3. The van der Waals surface area contributed by atoms with Gasteiger partial charge in [0.05, 0.1) is 17.8 Å². The summed E-state index contributed by atoms with van der Waals surface area (Å²) in [5, 5.41) is 3.02. The van der Waals surface area contributed by atoms with Crippen LogP contribution in [-0.2, 0) is 14.8 Å². The van der Waals surface area contributed by atoms with E-state index in [1.54, 1.807) is 36.4 Å². The highest BCUT2D eigenvalue weighted by molar-refractivity contribution is 7.95. The SMILES string of the molecule is COc1ccc(NC(=O)[C@@]2(C)CCCN(c3ccccc3)S2(=O)=O)cc1Cl. The van der Waals surface area contributed by atoms with E-state index in [0.29, 0.717) is 35.1 Å². The Labute approximate surface area is 164 Å². The van der Waals surface area contributed by atoms with Crippen molar-refractivity contribution < 1.29 is 17.9 Å². The zero-order valence-electron chi connectivity index (χ0n) is 15.1. The van der Waals surface area contributed by atoms with Crippen molar-refractivity contribution in [2.75, 3.05) is 23.3 Å². The molecule has 1 heterocycles. The van der Waals surface area contributed by atoms with Crippen LogP contribution in [0.3, 0.4) is 0 Å². The van der Waals surface area contributed by atoms with Crippen LogP contribution in [0.5, 0.6) is 5.75 Å². The molecular weight excluding hydrogens is 388 g/mol. The molecule has 2 aromatic carbocycles. The summed E-state index contributed by atoms with van der Waals surface area (Å²) in [7, 11) is -2.40. The maximum atomic E-state index is 13.3. The van der Waals surface area contributed by atoms with Gasteiger partial charge in [-0.1, -0.05) is 29.8 Å². The van der Waals surface area contributed by atoms with Gasteiger partial charge in [0.15, 0.2) is 4.75 Å². The molecule has 1 amide bonds. The molecule has 8 heteroatoms. The van der Waals surface area contributed by atoms with Gasteiger partial charge in [0, 0.05) is 12.2 Å². The van der Waals surface area contributed by atoms with Gasteiger partial charge in [-0.15, -0.1) is 0 Å². The molecule has 2 aromatic rings. The van der Waals surface area contributed by atoms with Crippen LogP contribution in [0.25, 0.3) is 0 Å². The average Bonchev–Trinajstić information content (AvgIpc) is 2.64. The molecule has 3 rings (SSSR count). The smallest absolute Gasteiger partial charge is 0.249 e. The molecule has 1 saturated heterocycles. The van der Waals surface area contributed by atoms with Gasteiger partial charge in [-0.2, -0.15) is 0 Å². The van der Waals surface area contributed by atoms with Crippen LogP contribution in [0.15, 0.2) is 48.5 Å². The number of nitrogens with one attached hydrogen (secondary N) is 1. The van der Waals surface area contributed by atoms with E-state index in [4.69, 9.17) is 16.3 Å². The second-order valence-corrected chi connectivity index (χ2v) is 9.25. The molecule has 0 unspecified atom stereocenters. The molecule has 144 valence electrons. The third kappa shape index (κ3) is 3.49. The Kier molecular flexibility index (Phi) is 5.35. The van der Waals surface area contributed by atoms with Crippen LogP contribution >= 0.6 is 11.6 Å². The predicted octanol–water partition coefficient (Wildman–Crippen LogP) is 3.68. The van der Waals surface area contributed by atoms with Gasteiger partial charge in [0.2, 0.25) is 15.9 Å². The van der Waals surface area contributed by atoms with E-state index >= 15 is 0 Å². The molecule has 1 atom stereocenters. The van der Waals surface area contributed by atoms with Crippen LogP contribution in [0.4, 0.5) is 11.4 Å². The minimum Gasteiger partial charge on any atom is -0.495 e. The highest BCUT2D eigenvalue weighted by Crippen LogP contribution is 2.36. The third-order valence-electron chi connectivity index (χ3n) is 4.81. The maximum absolute atomic E-state index is 13.3. The number of carbonyl (C=O) groups is 1. The fourth-order valence-corrected chi connectivity index (χ4v) is 5.35. The van der Waals surface area contributed by atoms with Crippen molar-refractivity contribution in [1.82, 2.24) is 0 Å². The first-order chi connectivity index (χ1) is 12.8. The molecule has 0 spiro atoms. The minimum absolute atomic E-state index is 0.244. The predicted molar refractivity (Wildman–Crippen MR) is 107 cm³/mol. The van der Waals surface area contributed by atoms with Crippen molar-refractivity contribution in [2.45, 2.75) is 24.5 Å². The summed E-state index contributed by atoms with van der Waals surface area (Å²) < 4.78 is 31.3. The summed E-state index contributed by atoms with van der Waals surface area (Å²) in [6.07, 6.45) is 0.829. The largest absolute Gasteiger partial charge is 0.495 e.